The molecule has 5 heteroatoms. The van der Waals surface area contributed by atoms with Crippen LogP contribution in [0.1, 0.15) is 26.3 Å². The molecule has 0 spiro atoms. The maximum Gasteiger partial charge on any atom is 0.263 e. The van der Waals surface area contributed by atoms with Gasteiger partial charge >= 0.3 is 0 Å². The molecular weight excluding hydrogens is 248 g/mol. The fourth-order valence-corrected chi connectivity index (χ4v) is 2.73. The van der Waals surface area contributed by atoms with Gasteiger partial charge in [-0.05, 0) is 34.5 Å². The molecule has 0 radical (unpaired) electrons. The minimum absolute atomic E-state index is 0.270. The van der Waals surface area contributed by atoms with E-state index in [0.29, 0.717) is 23.4 Å². The van der Waals surface area contributed by atoms with Crippen molar-refractivity contribution in [2.45, 2.75) is 6.54 Å². The van der Waals surface area contributed by atoms with E-state index in [-0.39, 0.29) is 11.8 Å². The summed E-state index contributed by atoms with van der Waals surface area (Å²) in [6.07, 6.45) is 0. The first-order valence-electron chi connectivity index (χ1n) is 5.44. The first-order valence-corrected chi connectivity index (χ1v) is 6.38. The molecule has 2 amide bonds. The average molecular weight is 258 g/mol. The van der Waals surface area contributed by atoms with E-state index in [0.717, 1.165) is 5.56 Å². The molecule has 0 saturated carbocycles. The van der Waals surface area contributed by atoms with Crippen molar-refractivity contribution in [3.63, 3.8) is 0 Å². The highest BCUT2D eigenvalue weighted by Crippen LogP contribution is 2.28. The lowest BCUT2D eigenvalue weighted by Gasteiger charge is -2.12. The zero-order valence-electron chi connectivity index (χ0n) is 9.42. The Balaban J connectivity index is 2.00. The summed E-state index contributed by atoms with van der Waals surface area (Å²) in [5.41, 5.74) is 7.80. The Kier molecular flexibility index (Phi) is 2.41. The number of anilines is 1. The van der Waals surface area contributed by atoms with Gasteiger partial charge in [-0.3, -0.25) is 14.5 Å². The number of nitrogens with two attached hydrogens (primary N) is 1. The van der Waals surface area contributed by atoms with Gasteiger partial charge in [-0.2, -0.15) is 11.3 Å². The van der Waals surface area contributed by atoms with Crippen molar-refractivity contribution < 1.29 is 9.59 Å². The lowest BCUT2D eigenvalue weighted by molar-refractivity contribution is 0.0643. The molecule has 0 saturated heterocycles. The number of nitrogens with zero attached hydrogens (tertiary/aromatic N) is 1. The number of rotatable bonds is 2. The minimum atomic E-state index is -0.306. The molecule has 1 aromatic carbocycles. The monoisotopic (exact) mass is 258 g/mol. The van der Waals surface area contributed by atoms with Crippen molar-refractivity contribution in [3.8, 4) is 0 Å². The van der Waals surface area contributed by atoms with Crippen molar-refractivity contribution in [2.24, 2.45) is 0 Å². The van der Waals surface area contributed by atoms with Crippen molar-refractivity contribution in [2.75, 3.05) is 5.73 Å². The second-order valence-electron chi connectivity index (χ2n) is 4.10. The zero-order chi connectivity index (χ0) is 12.7. The third kappa shape index (κ3) is 1.52. The van der Waals surface area contributed by atoms with Crippen LogP contribution in [-0.2, 0) is 6.54 Å². The van der Waals surface area contributed by atoms with E-state index < -0.39 is 0 Å². The molecule has 1 aliphatic rings. The molecule has 4 nitrogen and oxygen atoms in total. The smallest absolute Gasteiger partial charge is 0.263 e. The number of carbonyl (C=O) groups excluding carboxylic acids is 2. The van der Waals surface area contributed by atoms with Crippen LogP contribution in [0, 0.1) is 0 Å². The number of fused-ring (bicyclic) bond motifs is 1. The van der Waals surface area contributed by atoms with E-state index in [4.69, 9.17) is 5.73 Å². The van der Waals surface area contributed by atoms with Gasteiger partial charge in [0.25, 0.3) is 11.8 Å². The normalized spacial score (nSPS) is 14.1. The van der Waals surface area contributed by atoms with Gasteiger partial charge in [-0.25, -0.2) is 0 Å². The van der Waals surface area contributed by atoms with Crippen LogP contribution >= 0.6 is 11.3 Å². The highest BCUT2D eigenvalue weighted by Gasteiger charge is 2.36. The van der Waals surface area contributed by atoms with Crippen LogP contribution in [0.3, 0.4) is 0 Å². The molecule has 0 fully saturated rings. The molecule has 2 N–H and O–H groups in total. The highest BCUT2D eigenvalue weighted by atomic mass is 32.1. The summed E-state index contributed by atoms with van der Waals surface area (Å²) in [5, 5.41) is 3.84. The molecule has 18 heavy (non-hydrogen) atoms. The number of hydrogen-bond acceptors (Lipinski definition) is 4. The van der Waals surface area contributed by atoms with Gasteiger partial charge in [0.2, 0.25) is 0 Å². The van der Waals surface area contributed by atoms with Crippen LogP contribution in [0.5, 0.6) is 0 Å². The highest BCUT2D eigenvalue weighted by molar-refractivity contribution is 7.07. The Morgan fingerprint density at radius 2 is 2.00 bits per heavy atom. The lowest BCUT2D eigenvalue weighted by Crippen LogP contribution is -2.29. The van der Waals surface area contributed by atoms with Crippen molar-refractivity contribution in [1.82, 2.24) is 4.90 Å². The second kappa shape index (κ2) is 3.96. The summed E-state index contributed by atoms with van der Waals surface area (Å²) < 4.78 is 0. The van der Waals surface area contributed by atoms with Crippen LogP contribution in [-0.4, -0.2) is 16.7 Å². The Morgan fingerprint density at radius 1 is 1.17 bits per heavy atom. The fraction of sp³-hybridized carbons (Fsp3) is 0.0769. The first kappa shape index (κ1) is 11.0. The zero-order valence-corrected chi connectivity index (χ0v) is 10.2. The Bertz CT molecular complexity index is 634. The van der Waals surface area contributed by atoms with Crippen LogP contribution in [0.4, 0.5) is 5.69 Å². The van der Waals surface area contributed by atoms with Crippen molar-refractivity contribution in [1.29, 1.82) is 0 Å². The van der Waals surface area contributed by atoms with Gasteiger partial charge in [0.05, 0.1) is 17.7 Å². The molecule has 90 valence electrons. The summed E-state index contributed by atoms with van der Waals surface area (Å²) in [6, 6.07) is 6.86. The molecule has 2 aromatic rings. The largest absolute Gasteiger partial charge is 0.398 e. The van der Waals surface area contributed by atoms with Crippen molar-refractivity contribution in [3.05, 3.63) is 51.7 Å². The molecule has 0 atom stereocenters. The molecule has 3 rings (SSSR count). The molecule has 2 heterocycles. The predicted molar refractivity (Wildman–Crippen MR) is 69.4 cm³/mol. The Hall–Kier alpha value is -2.14. The quantitative estimate of drug-likeness (QED) is 0.663. The Morgan fingerprint density at radius 3 is 2.67 bits per heavy atom. The topological polar surface area (TPSA) is 63.4 Å². The van der Waals surface area contributed by atoms with Crippen LogP contribution < -0.4 is 5.73 Å². The Labute approximate surface area is 108 Å². The number of imide groups is 1. The van der Waals surface area contributed by atoms with E-state index >= 15 is 0 Å². The maximum atomic E-state index is 12.2. The third-order valence-corrected chi connectivity index (χ3v) is 3.68. The molecule has 1 aliphatic heterocycles. The van der Waals surface area contributed by atoms with Crippen molar-refractivity contribution >= 4 is 28.8 Å². The third-order valence-electron chi connectivity index (χ3n) is 2.95. The fourth-order valence-electron chi connectivity index (χ4n) is 2.07. The van der Waals surface area contributed by atoms with E-state index in [1.54, 1.807) is 18.2 Å². The van der Waals surface area contributed by atoms with Gasteiger partial charge in [-0.15, -0.1) is 0 Å². The summed E-state index contributed by atoms with van der Waals surface area (Å²) in [7, 11) is 0. The number of thiophene rings is 1. The predicted octanol–water partition coefficient (Wildman–Crippen LogP) is 2.13. The van der Waals surface area contributed by atoms with Gasteiger partial charge in [0.1, 0.15) is 0 Å². The number of benzene rings is 1. The van der Waals surface area contributed by atoms with E-state index in [1.807, 2.05) is 16.8 Å². The maximum absolute atomic E-state index is 12.2. The first-order chi connectivity index (χ1) is 8.68. The van der Waals surface area contributed by atoms with Gasteiger partial charge in [-0.1, -0.05) is 6.07 Å². The SMILES string of the molecule is Nc1cccc2c1C(=O)N(Cc1ccsc1)C2=O. The van der Waals surface area contributed by atoms with Crippen LogP contribution in [0.2, 0.25) is 0 Å². The number of amides is 2. The van der Waals surface area contributed by atoms with Crippen LogP contribution in [0.15, 0.2) is 35.0 Å². The summed E-state index contributed by atoms with van der Waals surface area (Å²) in [6.45, 7) is 0.301. The van der Waals surface area contributed by atoms with Gasteiger partial charge in [0.15, 0.2) is 0 Å². The summed E-state index contributed by atoms with van der Waals surface area (Å²) >= 11 is 1.54. The van der Waals surface area contributed by atoms with E-state index in [1.165, 1.54) is 16.2 Å². The summed E-state index contributed by atoms with van der Waals surface area (Å²) in [5.74, 6) is -0.576. The standard InChI is InChI=1S/C13H10N2O2S/c14-10-3-1-2-9-11(10)13(17)15(12(9)16)6-8-4-5-18-7-8/h1-5,7H,6,14H2. The van der Waals surface area contributed by atoms with Gasteiger partial charge in [0, 0.05) is 5.69 Å². The number of nitrogen functional groups attached to an aromatic ring is 1. The van der Waals surface area contributed by atoms with Gasteiger partial charge < -0.3 is 5.73 Å². The minimum Gasteiger partial charge on any atom is -0.398 e. The molecular formula is C13H10N2O2S. The number of hydrogen-bond donors (Lipinski definition) is 1. The van der Waals surface area contributed by atoms with Crippen LogP contribution in [0.25, 0.3) is 0 Å². The second-order valence-corrected chi connectivity index (χ2v) is 4.88. The molecule has 0 bridgehead atoms. The summed E-state index contributed by atoms with van der Waals surface area (Å²) in [4.78, 5) is 25.6. The van der Waals surface area contributed by atoms with E-state index in [9.17, 15) is 9.59 Å². The molecule has 0 aliphatic carbocycles. The number of carbonyl (C=O) groups is 2. The van der Waals surface area contributed by atoms with E-state index in [2.05, 4.69) is 0 Å². The average Bonchev–Trinajstić information content (AvgIpc) is 2.94. The molecule has 1 aromatic heterocycles. The molecule has 0 unspecified atom stereocenters. The lowest BCUT2D eigenvalue weighted by atomic mass is 10.1.